The number of rotatable bonds is 6. The molecule has 1 aromatic carbocycles. The molecule has 0 fully saturated rings. The van der Waals surface area contributed by atoms with Crippen molar-refractivity contribution >= 4 is 23.0 Å². The van der Waals surface area contributed by atoms with Crippen molar-refractivity contribution in [1.29, 1.82) is 5.26 Å². The van der Waals surface area contributed by atoms with Crippen molar-refractivity contribution in [2.45, 2.75) is 20.3 Å². The van der Waals surface area contributed by atoms with Gasteiger partial charge in [0.1, 0.15) is 11.5 Å². The van der Waals surface area contributed by atoms with Crippen LogP contribution in [0.15, 0.2) is 12.1 Å². The summed E-state index contributed by atoms with van der Waals surface area (Å²) in [6.45, 7) is 4.76. The summed E-state index contributed by atoms with van der Waals surface area (Å²) in [5.74, 6) is -0.593. The van der Waals surface area contributed by atoms with E-state index in [0.717, 1.165) is 6.07 Å². The lowest BCUT2D eigenvalue weighted by atomic mass is 10.1. The van der Waals surface area contributed by atoms with E-state index in [1.165, 1.54) is 6.07 Å². The van der Waals surface area contributed by atoms with Crippen molar-refractivity contribution in [2.75, 3.05) is 18.0 Å². The number of nitro groups is 1. The molecule has 0 spiro atoms. The summed E-state index contributed by atoms with van der Waals surface area (Å²) in [5.41, 5.74) is -0.101. The van der Waals surface area contributed by atoms with Crippen molar-refractivity contribution < 1.29 is 9.31 Å². The standard InChI is InChI=1S/C13H15ClFN3O2/c1-9(2)8-17(5-3-4-16)12-6-10(14)11(15)7-13(12)18(19)20/h6-7,9H,3,5,8H2,1-2H3. The molecule has 0 unspecified atom stereocenters. The summed E-state index contributed by atoms with van der Waals surface area (Å²) < 4.78 is 13.4. The summed E-state index contributed by atoms with van der Waals surface area (Å²) >= 11 is 5.72. The molecule has 0 heterocycles. The largest absolute Gasteiger partial charge is 0.365 e. The highest BCUT2D eigenvalue weighted by molar-refractivity contribution is 6.31. The molecule has 0 aliphatic carbocycles. The first-order chi connectivity index (χ1) is 9.36. The van der Waals surface area contributed by atoms with E-state index in [9.17, 15) is 14.5 Å². The molecule has 1 rings (SSSR count). The molecular formula is C13H15ClFN3O2. The zero-order valence-corrected chi connectivity index (χ0v) is 12.0. The zero-order valence-electron chi connectivity index (χ0n) is 11.3. The van der Waals surface area contributed by atoms with E-state index in [4.69, 9.17) is 16.9 Å². The molecule has 0 amide bonds. The molecule has 20 heavy (non-hydrogen) atoms. The number of hydrogen-bond donors (Lipinski definition) is 0. The average molecular weight is 300 g/mol. The van der Waals surface area contributed by atoms with E-state index in [2.05, 4.69) is 0 Å². The minimum atomic E-state index is -0.827. The van der Waals surface area contributed by atoms with Gasteiger partial charge >= 0.3 is 0 Å². The second-order valence-corrected chi connectivity index (χ2v) is 5.17. The highest BCUT2D eigenvalue weighted by Crippen LogP contribution is 2.33. The maximum atomic E-state index is 13.4. The van der Waals surface area contributed by atoms with Crippen LogP contribution in [0.1, 0.15) is 20.3 Å². The lowest BCUT2D eigenvalue weighted by molar-refractivity contribution is -0.384. The second-order valence-electron chi connectivity index (χ2n) is 4.76. The Morgan fingerprint density at radius 2 is 2.20 bits per heavy atom. The van der Waals surface area contributed by atoms with Crippen LogP contribution in [0.5, 0.6) is 0 Å². The number of nitro benzene ring substituents is 1. The smallest absolute Gasteiger partial charge is 0.295 e. The monoisotopic (exact) mass is 299 g/mol. The molecule has 0 radical (unpaired) electrons. The summed E-state index contributed by atoms with van der Waals surface area (Å²) in [6, 6.07) is 4.06. The Balaban J connectivity index is 3.26. The Kier molecular flexibility index (Phi) is 5.71. The van der Waals surface area contributed by atoms with Crippen molar-refractivity contribution in [3.05, 3.63) is 33.1 Å². The molecule has 7 heteroatoms. The normalized spacial score (nSPS) is 10.4. The van der Waals surface area contributed by atoms with Gasteiger partial charge in [-0.25, -0.2) is 4.39 Å². The van der Waals surface area contributed by atoms with Crippen LogP contribution in [-0.2, 0) is 0 Å². The van der Waals surface area contributed by atoms with Gasteiger partial charge < -0.3 is 4.90 Å². The van der Waals surface area contributed by atoms with Crippen LogP contribution in [-0.4, -0.2) is 18.0 Å². The fraction of sp³-hybridized carbons (Fsp3) is 0.462. The molecule has 0 aromatic heterocycles. The molecule has 0 saturated carbocycles. The predicted molar refractivity (Wildman–Crippen MR) is 75.3 cm³/mol. The molecule has 0 bridgehead atoms. The first-order valence-electron chi connectivity index (χ1n) is 6.12. The molecule has 5 nitrogen and oxygen atoms in total. The summed E-state index contributed by atoms with van der Waals surface area (Å²) in [6.07, 6.45) is 0.221. The van der Waals surface area contributed by atoms with E-state index in [-0.39, 0.29) is 28.7 Å². The van der Waals surface area contributed by atoms with Gasteiger partial charge in [0.15, 0.2) is 0 Å². The van der Waals surface area contributed by atoms with Crippen LogP contribution in [0.4, 0.5) is 15.8 Å². The number of halogens is 2. The number of anilines is 1. The van der Waals surface area contributed by atoms with Gasteiger partial charge in [-0.05, 0) is 12.0 Å². The molecule has 0 aliphatic rings. The van der Waals surface area contributed by atoms with Crippen LogP contribution in [0.25, 0.3) is 0 Å². The molecular weight excluding hydrogens is 285 g/mol. The Hall–Kier alpha value is -1.87. The third kappa shape index (κ3) is 4.07. The van der Waals surface area contributed by atoms with Crippen LogP contribution in [0, 0.1) is 33.2 Å². The maximum Gasteiger partial charge on any atom is 0.295 e. The first kappa shape index (κ1) is 16.2. The molecule has 0 saturated heterocycles. The van der Waals surface area contributed by atoms with Crippen molar-refractivity contribution in [1.82, 2.24) is 0 Å². The molecule has 108 valence electrons. The Morgan fingerprint density at radius 3 is 2.70 bits per heavy atom. The number of nitriles is 1. The fourth-order valence-electron chi connectivity index (χ4n) is 1.86. The van der Waals surface area contributed by atoms with Crippen molar-refractivity contribution in [2.24, 2.45) is 5.92 Å². The third-order valence-electron chi connectivity index (χ3n) is 2.63. The zero-order chi connectivity index (χ0) is 15.3. The minimum absolute atomic E-state index is 0.170. The summed E-state index contributed by atoms with van der Waals surface area (Å²) in [7, 11) is 0. The maximum absolute atomic E-state index is 13.4. The first-order valence-corrected chi connectivity index (χ1v) is 6.50. The van der Waals surface area contributed by atoms with Gasteiger partial charge in [-0.15, -0.1) is 0 Å². The topological polar surface area (TPSA) is 70.2 Å². The second kappa shape index (κ2) is 7.06. The van der Waals surface area contributed by atoms with Crippen LogP contribution in [0.3, 0.4) is 0 Å². The van der Waals surface area contributed by atoms with Crippen LogP contribution < -0.4 is 4.90 Å². The van der Waals surface area contributed by atoms with E-state index in [0.29, 0.717) is 13.1 Å². The van der Waals surface area contributed by atoms with Gasteiger partial charge in [-0.2, -0.15) is 5.26 Å². The number of hydrogen-bond acceptors (Lipinski definition) is 4. The van der Waals surface area contributed by atoms with Gasteiger partial charge in [0.2, 0.25) is 0 Å². The Morgan fingerprint density at radius 1 is 1.55 bits per heavy atom. The molecule has 0 aliphatic heterocycles. The summed E-state index contributed by atoms with van der Waals surface area (Å²) in [5, 5.41) is 19.6. The highest BCUT2D eigenvalue weighted by Gasteiger charge is 2.23. The van der Waals surface area contributed by atoms with Gasteiger partial charge in [0.05, 0.1) is 28.5 Å². The Bertz CT molecular complexity index is 543. The van der Waals surface area contributed by atoms with E-state index < -0.39 is 10.7 Å². The van der Waals surface area contributed by atoms with E-state index >= 15 is 0 Å². The molecule has 0 N–H and O–H groups in total. The van der Waals surface area contributed by atoms with Gasteiger partial charge in [-0.1, -0.05) is 25.4 Å². The van der Waals surface area contributed by atoms with Crippen molar-refractivity contribution in [3.63, 3.8) is 0 Å². The van der Waals surface area contributed by atoms with Crippen LogP contribution in [0.2, 0.25) is 5.02 Å². The number of nitrogens with zero attached hydrogens (tertiary/aromatic N) is 3. The molecule has 1 aromatic rings. The van der Waals surface area contributed by atoms with E-state index in [1.54, 1.807) is 4.90 Å². The average Bonchev–Trinajstić information content (AvgIpc) is 2.36. The Labute approximate surface area is 121 Å². The third-order valence-corrected chi connectivity index (χ3v) is 2.92. The van der Waals surface area contributed by atoms with E-state index in [1.807, 2.05) is 19.9 Å². The minimum Gasteiger partial charge on any atom is -0.365 e. The summed E-state index contributed by atoms with van der Waals surface area (Å²) in [4.78, 5) is 12.1. The van der Waals surface area contributed by atoms with Crippen molar-refractivity contribution in [3.8, 4) is 6.07 Å². The predicted octanol–water partition coefficient (Wildman–Crippen LogP) is 3.76. The fourth-order valence-corrected chi connectivity index (χ4v) is 2.02. The highest BCUT2D eigenvalue weighted by atomic mass is 35.5. The van der Waals surface area contributed by atoms with Gasteiger partial charge in [0.25, 0.3) is 5.69 Å². The SMILES string of the molecule is CC(C)CN(CCC#N)c1cc(Cl)c(F)cc1[N+](=O)[O-]. The molecule has 0 atom stereocenters. The number of benzene rings is 1. The lowest BCUT2D eigenvalue weighted by Crippen LogP contribution is -2.29. The quantitative estimate of drug-likeness (QED) is 0.592. The van der Waals surface area contributed by atoms with Gasteiger partial charge in [0, 0.05) is 13.1 Å². The van der Waals surface area contributed by atoms with Gasteiger partial charge in [-0.3, -0.25) is 10.1 Å². The lowest BCUT2D eigenvalue weighted by Gasteiger charge is -2.25. The van der Waals surface area contributed by atoms with Crippen LogP contribution >= 0.6 is 11.6 Å².